The number of rotatable bonds is 7. The van der Waals surface area contributed by atoms with E-state index in [0.717, 1.165) is 4.31 Å². The molecule has 0 radical (unpaired) electrons. The average Bonchev–Trinajstić information content (AvgIpc) is 2.56. The number of nitrogens with zero attached hydrogens (tertiary/aromatic N) is 1. The number of ether oxygens (including phenoxy) is 1. The van der Waals surface area contributed by atoms with Gasteiger partial charge >= 0.3 is 0 Å². The van der Waals surface area contributed by atoms with Crippen molar-refractivity contribution in [1.29, 1.82) is 0 Å². The Hall–Kier alpha value is -2.10. The zero-order valence-corrected chi connectivity index (χ0v) is 15.8. The monoisotopic (exact) mass is 384 g/mol. The molecule has 0 fully saturated rings. The minimum absolute atomic E-state index is 0.0196. The van der Waals surface area contributed by atoms with Gasteiger partial charge < -0.3 is 4.74 Å². The van der Waals surface area contributed by atoms with Crippen LogP contribution in [-0.4, -0.2) is 41.8 Å². The lowest BCUT2D eigenvalue weighted by Crippen LogP contribution is -2.22. The van der Waals surface area contributed by atoms with Gasteiger partial charge in [0.1, 0.15) is 5.75 Å². The normalized spacial score (nSPS) is 12.2. The van der Waals surface area contributed by atoms with Crippen LogP contribution < -0.4 is 9.46 Å². The van der Waals surface area contributed by atoms with E-state index >= 15 is 0 Å². The van der Waals surface area contributed by atoms with Crippen molar-refractivity contribution in [3.8, 4) is 5.75 Å². The molecule has 2 aromatic rings. The molecule has 0 aliphatic heterocycles. The largest absolute Gasteiger partial charge is 0.492 e. The number of anilines is 1. The maximum Gasteiger partial charge on any atom is 0.262 e. The van der Waals surface area contributed by atoms with Crippen molar-refractivity contribution in [2.24, 2.45) is 0 Å². The maximum atomic E-state index is 12.5. The molecule has 0 atom stereocenters. The van der Waals surface area contributed by atoms with Crippen LogP contribution in [0.4, 0.5) is 5.69 Å². The summed E-state index contributed by atoms with van der Waals surface area (Å²) in [5.41, 5.74) is 0.314. The number of benzene rings is 2. The van der Waals surface area contributed by atoms with E-state index in [4.69, 9.17) is 4.74 Å². The quantitative estimate of drug-likeness (QED) is 0.789. The van der Waals surface area contributed by atoms with Crippen molar-refractivity contribution < 1.29 is 21.6 Å². The van der Waals surface area contributed by atoms with Gasteiger partial charge in [0.15, 0.2) is 0 Å². The Labute approximate surface area is 148 Å². The van der Waals surface area contributed by atoms with Gasteiger partial charge in [-0.3, -0.25) is 4.72 Å². The summed E-state index contributed by atoms with van der Waals surface area (Å²) >= 11 is 0. The fourth-order valence-electron chi connectivity index (χ4n) is 2.04. The third-order valence-electron chi connectivity index (χ3n) is 3.34. The van der Waals surface area contributed by atoms with E-state index in [1.54, 1.807) is 31.2 Å². The van der Waals surface area contributed by atoms with E-state index in [9.17, 15) is 16.8 Å². The summed E-state index contributed by atoms with van der Waals surface area (Å²) < 4.78 is 58.1. The van der Waals surface area contributed by atoms with Crippen molar-refractivity contribution in [2.75, 3.05) is 25.4 Å². The van der Waals surface area contributed by atoms with Crippen molar-refractivity contribution in [1.82, 2.24) is 4.31 Å². The van der Waals surface area contributed by atoms with Crippen LogP contribution in [-0.2, 0) is 20.0 Å². The second-order valence-corrected chi connectivity index (χ2v) is 9.13. The molecule has 1 N–H and O–H groups in total. The van der Waals surface area contributed by atoms with Gasteiger partial charge in [0.2, 0.25) is 10.0 Å². The van der Waals surface area contributed by atoms with Crippen LogP contribution in [0.2, 0.25) is 0 Å². The predicted molar refractivity (Wildman–Crippen MR) is 95.7 cm³/mol. The molecule has 0 heterocycles. The van der Waals surface area contributed by atoms with Gasteiger partial charge in [-0.25, -0.2) is 21.1 Å². The number of hydrogen-bond acceptors (Lipinski definition) is 5. The number of para-hydroxylation sites is 2. The first-order valence-electron chi connectivity index (χ1n) is 7.45. The summed E-state index contributed by atoms with van der Waals surface area (Å²) in [6.07, 6.45) is 0. The van der Waals surface area contributed by atoms with Crippen molar-refractivity contribution in [3.63, 3.8) is 0 Å². The lowest BCUT2D eigenvalue weighted by Gasteiger charge is -2.14. The predicted octanol–water partition coefficient (Wildman–Crippen LogP) is 2.14. The third kappa shape index (κ3) is 4.30. The highest BCUT2D eigenvalue weighted by Crippen LogP contribution is 2.27. The van der Waals surface area contributed by atoms with Crippen LogP contribution in [0.3, 0.4) is 0 Å². The number of hydrogen-bond donors (Lipinski definition) is 1. The Morgan fingerprint density at radius 2 is 1.48 bits per heavy atom. The number of sulfonamides is 2. The second-order valence-electron chi connectivity index (χ2n) is 5.29. The summed E-state index contributed by atoms with van der Waals surface area (Å²) in [5.74, 6) is 0.417. The van der Waals surface area contributed by atoms with Gasteiger partial charge in [-0.1, -0.05) is 12.1 Å². The topological polar surface area (TPSA) is 92.8 Å². The fourth-order valence-corrected chi connectivity index (χ4v) is 4.01. The lowest BCUT2D eigenvalue weighted by molar-refractivity contribution is 0.342. The van der Waals surface area contributed by atoms with Gasteiger partial charge in [0, 0.05) is 14.1 Å². The molecule has 0 aliphatic carbocycles. The molecule has 136 valence electrons. The van der Waals surface area contributed by atoms with E-state index in [1.165, 1.54) is 38.4 Å². The van der Waals surface area contributed by atoms with Crippen molar-refractivity contribution in [3.05, 3.63) is 48.5 Å². The minimum atomic E-state index is -3.88. The van der Waals surface area contributed by atoms with E-state index in [1.807, 2.05) is 0 Å². The third-order valence-corrected chi connectivity index (χ3v) is 6.55. The molecule has 0 amide bonds. The van der Waals surface area contributed by atoms with Crippen LogP contribution in [0.1, 0.15) is 6.92 Å². The van der Waals surface area contributed by atoms with Gasteiger partial charge in [-0.2, -0.15) is 0 Å². The zero-order chi connectivity index (χ0) is 18.7. The summed E-state index contributed by atoms with van der Waals surface area (Å²) in [5, 5.41) is 0. The van der Waals surface area contributed by atoms with E-state index in [-0.39, 0.29) is 9.79 Å². The van der Waals surface area contributed by atoms with Gasteiger partial charge in [-0.05, 0) is 43.3 Å². The molecule has 7 nitrogen and oxygen atoms in total. The molecule has 9 heteroatoms. The highest BCUT2D eigenvalue weighted by Gasteiger charge is 2.20. The Balaban J connectivity index is 2.32. The van der Waals surface area contributed by atoms with Crippen LogP contribution in [0.15, 0.2) is 58.3 Å². The molecule has 0 saturated heterocycles. The summed E-state index contributed by atoms with van der Waals surface area (Å²) in [6.45, 7) is 2.20. The van der Waals surface area contributed by atoms with Gasteiger partial charge in [0.25, 0.3) is 10.0 Å². The van der Waals surface area contributed by atoms with Crippen molar-refractivity contribution >= 4 is 25.7 Å². The first-order chi connectivity index (χ1) is 11.7. The molecule has 0 aliphatic rings. The minimum Gasteiger partial charge on any atom is -0.492 e. The van der Waals surface area contributed by atoms with Crippen LogP contribution in [0.5, 0.6) is 5.75 Å². The van der Waals surface area contributed by atoms with E-state index in [2.05, 4.69) is 4.72 Å². The highest BCUT2D eigenvalue weighted by molar-refractivity contribution is 7.92. The summed E-state index contributed by atoms with van der Waals surface area (Å²) in [6, 6.07) is 11.7. The molecular formula is C16H20N2O5S2. The molecule has 0 unspecified atom stereocenters. The Morgan fingerprint density at radius 1 is 0.920 bits per heavy atom. The maximum absolute atomic E-state index is 12.5. The van der Waals surface area contributed by atoms with Gasteiger partial charge in [-0.15, -0.1) is 0 Å². The fraction of sp³-hybridized carbons (Fsp3) is 0.250. The van der Waals surface area contributed by atoms with Crippen LogP contribution in [0.25, 0.3) is 0 Å². The van der Waals surface area contributed by atoms with E-state index < -0.39 is 20.0 Å². The Kier molecular flexibility index (Phi) is 5.71. The molecule has 25 heavy (non-hydrogen) atoms. The number of nitrogens with one attached hydrogen (secondary N) is 1. The summed E-state index contributed by atoms with van der Waals surface area (Å²) in [7, 11) is -4.67. The molecule has 0 aromatic heterocycles. The Bertz CT molecular complexity index is 937. The average molecular weight is 384 g/mol. The molecular weight excluding hydrogens is 364 g/mol. The summed E-state index contributed by atoms with van der Waals surface area (Å²) in [4.78, 5) is -0.0253. The van der Waals surface area contributed by atoms with Crippen LogP contribution in [0, 0.1) is 0 Å². The highest BCUT2D eigenvalue weighted by atomic mass is 32.2. The van der Waals surface area contributed by atoms with E-state index in [0.29, 0.717) is 18.0 Å². The van der Waals surface area contributed by atoms with Crippen LogP contribution >= 0.6 is 0 Å². The first kappa shape index (κ1) is 19.2. The standard InChI is InChI=1S/C16H20N2O5S2/c1-4-23-16-8-6-5-7-15(16)17-24(19,20)13-9-11-14(12-10-13)25(21,22)18(2)3/h5-12,17H,4H2,1-3H3. The van der Waals surface area contributed by atoms with Gasteiger partial charge in [0.05, 0.1) is 22.1 Å². The molecule has 2 aromatic carbocycles. The Morgan fingerprint density at radius 3 is 2.04 bits per heavy atom. The first-order valence-corrected chi connectivity index (χ1v) is 10.4. The zero-order valence-electron chi connectivity index (χ0n) is 14.1. The second kappa shape index (κ2) is 7.42. The lowest BCUT2D eigenvalue weighted by atomic mass is 10.3. The van der Waals surface area contributed by atoms with Crippen molar-refractivity contribution in [2.45, 2.75) is 16.7 Å². The SMILES string of the molecule is CCOc1ccccc1NS(=O)(=O)c1ccc(S(=O)(=O)N(C)C)cc1. The molecule has 0 bridgehead atoms. The molecule has 2 rings (SSSR count). The molecule has 0 saturated carbocycles. The molecule has 0 spiro atoms. The smallest absolute Gasteiger partial charge is 0.262 e.